The van der Waals surface area contributed by atoms with Crippen LogP contribution >= 0.6 is 23.2 Å². The van der Waals surface area contributed by atoms with Crippen LogP contribution in [0.5, 0.6) is 0 Å². The molecule has 5 nitrogen and oxygen atoms in total. The first-order valence-corrected chi connectivity index (χ1v) is 7.93. The number of hydrogen-bond donors (Lipinski definition) is 3. The summed E-state index contributed by atoms with van der Waals surface area (Å²) >= 11 is 12.0. The highest BCUT2D eigenvalue weighted by Crippen LogP contribution is 2.29. The van der Waals surface area contributed by atoms with Gasteiger partial charge < -0.3 is 15.5 Å². The Labute approximate surface area is 141 Å². The van der Waals surface area contributed by atoms with Gasteiger partial charge in [0.2, 0.25) is 0 Å². The fourth-order valence-electron chi connectivity index (χ4n) is 1.84. The van der Waals surface area contributed by atoms with Gasteiger partial charge >= 0.3 is 0 Å². The van der Waals surface area contributed by atoms with Crippen molar-refractivity contribution in [3.05, 3.63) is 28.2 Å². The van der Waals surface area contributed by atoms with E-state index in [1.165, 1.54) is 0 Å². The van der Waals surface area contributed by atoms with E-state index < -0.39 is 0 Å². The molecule has 1 rings (SSSR count). The van der Waals surface area contributed by atoms with Crippen molar-refractivity contribution in [2.75, 3.05) is 25.5 Å². The number of para-hydroxylation sites is 1. The molecule has 0 saturated carbocycles. The summed E-state index contributed by atoms with van der Waals surface area (Å²) in [6, 6.07) is 5.14. The van der Waals surface area contributed by atoms with Crippen molar-refractivity contribution in [3.8, 4) is 0 Å². The van der Waals surface area contributed by atoms with Crippen LogP contribution in [0.25, 0.3) is 0 Å². The Morgan fingerprint density at radius 2 is 1.73 bits per heavy atom. The number of hydrogen-bond acceptors (Lipinski definition) is 2. The van der Waals surface area contributed by atoms with Gasteiger partial charge in [0.1, 0.15) is 0 Å². The number of carbonyl (C=O) groups excluding carboxylic acids is 2. The van der Waals surface area contributed by atoms with Crippen LogP contribution < -0.4 is 15.5 Å². The van der Waals surface area contributed by atoms with Crippen LogP contribution in [0.3, 0.4) is 0 Å². The van der Waals surface area contributed by atoms with Crippen molar-refractivity contribution >= 4 is 40.7 Å². The second kappa shape index (κ2) is 8.98. The number of rotatable bonds is 7. The Balaban J connectivity index is 2.49. The number of halogens is 2. The minimum Gasteiger partial charge on any atom is -0.349 e. The van der Waals surface area contributed by atoms with Gasteiger partial charge in [0.25, 0.3) is 11.8 Å². The largest absolute Gasteiger partial charge is 0.349 e. The van der Waals surface area contributed by atoms with E-state index >= 15 is 0 Å². The lowest BCUT2D eigenvalue weighted by atomic mass is 10.2. The molecule has 0 aliphatic rings. The first-order chi connectivity index (χ1) is 10.3. The molecule has 0 aromatic heterocycles. The highest BCUT2D eigenvalue weighted by atomic mass is 35.5. The molecule has 0 aliphatic carbocycles. The van der Waals surface area contributed by atoms with Crippen LogP contribution in [-0.4, -0.2) is 38.0 Å². The summed E-state index contributed by atoms with van der Waals surface area (Å²) in [6.07, 6.45) is 0.871. The van der Waals surface area contributed by atoms with E-state index in [-0.39, 0.29) is 30.9 Å². The maximum atomic E-state index is 12.0. The summed E-state index contributed by atoms with van der Waals surface area (Å²) in [4.78, 5) is 24.6. The quantitative estimate of drug-likeness (QED) is 0.698. The number of benzene rings is 1. The first-order valence-electron chi connectivity index (χ1n) is 7.18. The van der Waals surface area contributed by atoms with Crippen LogP contribution in [0, 0.1) is 0 Å². The molecule has 0 aliphatic heterocycles. The molecule has 1 unspecified atom stereocenters. The molecule has 1 aromatic carbocycles. The molecule has 0 radical (unpaired) electrons. The molecule has 7 heteroatoms. The topological polar surface area (TPSA) is 62.6 Å². The minimum absolute atomic E-state index is 0.0737. The van der Waals surface area contributed by atoms with Crippen molar-refractivity contribution in [3.63, 3.8) is 0 Å². The summed E-state index contributed by atoms with van der Waals surface area (Å²) in [5, 5.41) is 6.31. The molecule has 22 heavy (non-hydrogen) atoms. The number of nitrogens with one attached hydrogen (secondary N) is 3. The summed E-state index contributed by atoms with van der Waals surface area (Å²) in [5.41, 5.74) is 0.396. The molecule has 2 amide bonds. The molecule has 3 N–H and O–H groups in total. The summed E-state index contributed by atoms with van der Waals surface area (Å²) in [6.45, 7) is 4.32. The van der Waals surface area contributed by atoms with Gasteiger partial charge in [-0.05, 0) is 25.5 Å². The molecular weight excluding hydrogens is 325 g/mol. The second-order valence-electron chi connectivity index (χ2n) is 5.33. The average molecular weight is 347 g/mol. The number of quaternary nitrogens is 1. The van der Waals surface area contributed by atoms with Gasteiger partial charge in [0.05, 0.1) is 22.8 Å². The zero-order valence-corrected chi connectivity index (χ0v) is 14.5. The molecule has 1 aromatic rings. The normalized spacial score (nSPS) is 13.3. The SMILES string of the molecule is CC[C@H](C)NC(=O)C[NH+](C)CC(=O)Nc1c(Cl)cccc1Cl. The molecule has 0 bridgehead atoms. The number of anilines is 1. The number of carbonyl (C=O) groups is 2. The van der Waals surface area contributed by atoms with E-state index in [1.54, 1.807) is 25.2 Å². The third-order valence-corrected chi connectivity index (χ3v) is 3.80. The Hall–Kier alpha value is -1.30. The van der Waals surface area contributed by atoms with E-state index in [0.717, 1.165) is 11.3 Å². The monoisotopic (exact) mass is 346 g/mol. The number of amides is 2. The van der Waals surface area contributed by atoms with Crippen LogP contribution in [0.1, 0.15) is 20.3 Å². The molecule has 0 spiro atoms. The molecule has 122 valence electrons. The Morgan fingerprint density at radius 1 is 1.18 bits per heavy atom. The fraction of sp³-hybridized carbons (Fsp3) is 0.467. The van der Waals surface area contributed by atoms with Crippen molar-refractivity contribution in [2.45, 2.75) is 26.3 Å². The number of likely N-dealkylation sites (N-methyl/N-ethyl adjacent to an activating group) is 1. The highest BCUT2D eigenvalue weighted by molar-refractivity contribution is 6.39. The van der Waals surface area contributed by atoms with Gasteiger partial charge in [-0.2, -0.15) is 0 Å². The maximum Gasteiger partial charge on any atom is 0.279 e. The van der Waals surface area contributed by atoms with Gasteiger partial charge in [-0.15, -0.1) is 0 Å². The van der Waals surface area contributed by atoms with Gasteiger partial charge in [-0.3, -0.25) is 9.59 Å². The predicted octanol–water partition coefficient (Wildman–Crippen LogP) is 1.36. The van der Waals surface area contributed by atoms with E-state index in [2.05, 4.69) is 10.6 Å². The van der Waals surface area contributed by atoms with Gasteiger partial charge in [-0.25, -0.2) is 0 Å². The van der Waals surface area contributed by atoms with Gasteiger partial charge in [0, 0.05) is 6.04 Å². The lowest BCUT2D eigenvalue weighted by molar-refractivity contribution is -0.862. The van der Waals surface area contributed by atoms with Crippen LogP contribution in [0.2, 0.25) is 10.0 Å². The molecule has 0 fully saturated rings. The Kier molecular flexibility index (Phi) is 7.65. The average Bonchev–Trinajstić information content (AvgIpc) is 2.42. The lowest BCUT2D eigenvalue weighted by Crippen LogP contribution is -3.11. The molecule has 2 atom stereocenters. The first kappa shape index (κ1) is 18.7. The summed E-state index contributed by atoms with van der Waals surface area (Å²) < 4.78 is 0. The third-order valence-electron chi connectivity index (χ3n) is 3.17. The van der Waals surface area contributed by atoms with Crippen LogP contribution in [0.4, 0.5) is 5.69 Å². The van der Waals surface area contributed by atoms with Crippen LogP contribution in [-0.2, 0) is 9.59 Å². The summed E-state index contributed by atoms with van der Waals surface area (Å²) in [5.74, 6) is -0.320. The van der Waals surface area contributed by atoms with Crippen molar-refractivity contribution in [1.29, 1.82) is 0 Å². The molecule has 0 saturated heterocycles. The maximum absolute atomic E-state index is 12.0. The Bertz CT molecular complexity index is 517. The van der Waals surface area contributed by atoms with E-state index in [4.69, 9.17) is 23.2 Å². The lowest BCUT2D eigenvalue weighted by Gasteiger charge is -2.16. The standard InChI is InChI=1S/C15H21Cl2N3O2/c1-4-10(2)18-13(21)8-20(3)9-14(22)19-15-11(16)6-5-7-12(15)17/h5-7,10H,4,8-9H2,1-3H3,(H,18,21)(H,19,22)/p+1/t10-/m0/s1. The molecular formula is C15H22Cl2N3O2+. The molecule has 0 heterocycles. The zero-order valence-electron chi connectivity index (χ0n) is 13.0. The smallest absolute Gasteiger partial charge is 0.279 e. The van der Waals surface area contributed by atoms with Crippen LogP contribution in [0.15, 0.2) is 18.2 Å². The van der Waals surface area contributed by atoms with E-state index in [9.17, 15) is 9.59 Å². The van der Waals surface area contributed by atoms with E-state index in [1.807, 2.05) is 13.8 Å². The summed E-state index contributed by atoms with van der Waals surface area (Å²) in [7, 11) is 1.78. The van der Waals surface area contributed by atoms with Crippen molar-refractivity contribution in [1.82, 2.24) is 5.32 Å². The van der Waals surface area contributed by atoms with Crippen molar-refractivity contribution in [2.24, 2.45) is 0 Å². The van der Waals surface area contributed by atoms with Gasteiger partial charge in [0.15, 0.2) is 13.1 Å². The predicted molar refractivity (Wildman–Crippen MR) is 89.6 cm³/mol. The third kappa shape index (κ3) is 6.22. The Morgan fingerprint density at radius 3 is 2.27 bits per heavy atom. The fourth-order valence-corrected chi connectivity index (χ4v) is 2.33. The second-order valence-corrected chi connectivity index (χ2v) is 6.15. The van der Waals surface area contributed by atoms with Gasteiger partial charge in [-0.1, -0.05) is 36.2 Å². The highest BCUT2D eigenvalue weighted by Gasteiger charge is 2.17. The van der Waals surface area contributed by atoms with Crippen molar-refractivity contribution < 1.29 is 14.5 Å². The zero-order chi connectivity index (χ0) is 16.7. The van der Waals surface area contributed by atoms with E-state index in [0.29, 0.717) is 15.7 Å². The minimum atomic E-state index is -0.246.